The van der Waals surface area contributed by atoms with Crippen LogP contribution in [0.3, 0.4) is 0 Å². The molecule has 2 N–H and O–H groups in total. The first-order valence-corrected chi connectivity index (χ1v) is 8.97. The molecule has 2 aromatic carbocycles. The molecule has 3 aromatic rings. The molecule has 0 bridgehead atoms. The third-order valence-corrected chi connectivity index (χ3v) is 4.89. The number of aromatic amines is 1. The summed E-state index contributed by atoms with van der Waals surface area (Å²) in [5, 5.41) is 3.13. The lowest BCUT2D eigenvalue weighted by molar-refractivity contribution is -0.116. The standard InChI is InChI=1S/C21H18FN3O3/c1-12(26)25-8-2-3-13-4-6-16(11-19(13)25)23-20(27)17-10-14-9-15(22)5-7-18(14)24-21(17)28/h4-7,9-11H,2-3,8H2,1H3,(H,23,27)(H,24,28). The zero-order valence-corrected chi connectivity index (χ0v) is 15.2. The number of anilines is 2. The minimum absolute atomic E-state index is 0.0579. The van der Waals surface area contributed by atoms with Crippen LogP contribution in [-0.4, -0.2) is 23.3 Å². The number of nitrogens with one attached hydrogen (secondary N) is 2. The number of pyridine rings is 1. The second kappa shape index (κ2) is 6.92. The smallest absolute Gasteiger partial charge is 0.261 e. The monoisotopic (exact) mass is 379 g/mol. The number of carbonyl (C=O) groups excluding carboxylic acids is 2. The third-order valence-electron chi connectivity index (χ3n) is 4.89. The van der Waals surface area contributed by atoms with E-state index in [0.29, 0.717) is 23.1 Å². The second-order valence-corrected chi connectivity index (χ2v) is 6.82. The Hall–Kier alpha value is -3.48. The van der Waals surface area contributed by atoms with Crippen LogP contribution >= 0.6 is 0 Å². The highest BCUT2D eigenvalue weighted by Gasteiger charge is 2.21. The van der Waals surface area contributed by atoms with Crippen molar-refractivity contribution in [3.05, 3.63) is 69.8 Å². The van der Waals surface area contributed by atoms with E-state index in [1.54, 1.807) is 17.0 Å². The molecule has 0 unspecified atom stereocenters. The Bertz CT molecular complexity index is 1170. The molecule has 4 rings (SSSR count). The van der Waals surface area contributed by atoms with Crippen molar-refractivity contribution < 1.29 is 14.0 Å². The van der Waals surface area contributed by atoms with Gasteiger partial charge in [-0.2, -0.15) is 0 Å². The van der Waals surface area contributed by atoms with Crippen LogP contribution in [0.2, 0.25) is 0 Å². The number of aryl methyl sites for hydroxylation is 1. The molecule has 0 saturated carbocycles. The van der Waals surface area contributed by atoms with Crippen molar-refractivity contribution in [2.45, 2.75) is 19.8 Å². The quantitative estimate of drug-likeness (QED) is 0.717. The summed E-state index contributed by atoms with van der Waals surface area (Å²) in [7, 11) is 0. The molecule has 28 heavy (non-hydrogen) atoms. The number of benzene rings is 2. The number of amides is 2. The van der Waals surface area contributed by atoms with Crippen LogP contribution in [0.4, 0.5) is 15.8 Å². The Morgan fingerprint density at radius 2 is 1.96 bits per heavy atom. The van der Waals surface area contributed by atoms with Gasteiger partial charge in [-0.15, -0.1) is 0 Å². The SMILES string of the molecule is CC(=O)N1CCCc2ccc(NC(=O)c3cc4cc(F)ccc4[nH]c3=O)cc21. The van der Waals surface area contributed by atoms with Crippen LogP contribution in [-0.2, 0) is 11.2 Å². The number of nitrogens with zero attached hydrogens (tertiary/aromatic N) is 1. The van der Waals surface area contributed by atoms with Crippen LogP contribution in [0.5, 0.6) is 0 Å². The highest BCUT2D eigenvalue weighted by molar-refractivity contribution is 6.06. The summed E-state index contributed by atoms with van der Waals surface area (Å²) < 4.78 is 13.5. The van der Waals surface area contributed by atoms with Gasteiger partial charge in [0.1, 0.15) is 11.4 Å². The number of aromatic nitrogens is 1. The van der Waals surface area contributed by atoms with Gasteiger partial charge in [-0.25, -0.2) is 4.39 Å². The van der Waals surface area contributed by atoms with Crippen molar-refractivity contribution in [1.29, 1.82) is 0 Å². The largest absolute Gasteiger partial charge is 0.322 e. The molecule has 0 spiro atoms. The molecule has 0 aliphatic carbocycles. The van der Waals surface area contributed by atoms with Crippen LogP contribution < -0.4 is 15.8 Å². The molecular formula is C21H18FN3O3. The van der Waals surface area contributed by atoms with Gasteiger partial charge < -0.3 is 15.2 Å². The van der Waals surface area contributed by atoms with Crippen molar-refractivity contribution in [2.24, 2.45) is 0 Å². The van der Waals surface area contributed by atoms with Crippen LogP contribution in [0.25, 0.3) is 10.9 Å². The summed E-state index contributed by atoms with van der Waals surface area (Å²) >= 11 is 0. The van der Waals surface area contributed by atoms with Crippen molar-refractivity contribution >= 4 is 34.1 Å². The molecular weight excluding hydrogens is 361 g/mol. The summed E-state index contributed by atoms with van der Waals surface area (Å²) in [6.07, 6.45) is 1.75. The summed E-state index contributed by atoms with van der Waals surface area (Å²) in [5.41, 5.74) is 2.08. The number of hydrogen-bond acceptors (Lipinski definition) is 3. The van der Waals surface area contributed by atoms with E-state index in [0.717, 1.165) is 24.1 Å². The molecule has 1 aromatic heterocycles. The van der Waals surface area contributed by atoms with E-state index in [4.69, 9.17) is 0 Å². The molecule has 2 heterocycles. The van der Waals surface area contributed by atoms with E-state index in [1.165, 1.54) is 31.2 Å². The maximum absolute atomic E-state index is 13.5. The fraction of sp³-hybridized carbons (Fsp3) is 0.190. The highest BCUT2D eigenvalue weighted by Crippen LogP contribution is 2.30. The molecule has 0 radical (unpaired) electrons. The van der Waals surface area contributed by atoms with Crippen molar-refractivity contribution in [3.8, 4) is 0 Å². The Morgan fingerprint density at radius 3 is 2.75 bits per heavy atom. The Balaban J connectivity index is 1.66. The topological polar surface area (TPSA) is 82.3 Å². The number of carbonyl (C=O) groups is 2. The first-order valence-electron chi connectivity index (χ1n) is 8.97. The normalized spacial score (nSPS) is 13.3. The van der Waals surface area contributed by atoms with Gasteiger partial charge >= 0.3 is 0 Å². The molecule has 1 aliphatic rings. The zero-order chi connectivity index (χ0) is 19.8. The van der Waals surface area contributed by atoms with E-state index < -0.39 is 17.3 Å². The van der Waals surface area contributed by atoms with E-state index in [2.05, 4.69) is 10.3 Å². The molecule has 0 atom stereocenters. The maximum Gasteiger partial charge on any atom is 0.261 e. The van der Waals surface area contributed by atoms with Crippen molar-refractivity contribution in [3.63, 3.8) is 0 Å². The fourth-order valence-electron chi connectivity index (χ4n) is 3.52. The van der Waals surface area contributed by atoms with E-state index in [-0.39, 0.29) is 11.5 Å². The Kier molecular flexibility index (Phi) is 4.43. The summed E-state index contributed by atoms with van der Waals surface area (Å²) in [5.74, 6) is -1.11. The predicted molar refractivity (Wildman–Crippen MR) is 105 cm³/mol. The van der Waals surface area contributed by atoms with Crippen molar-refractivity contribution in [2.75, 3.05) is 16.8 Å². The Morgan fingerprint density at radius 1 is 1.14 bits per heavy atom. The third kappa shape index (κ3) is 3.26. The fourth-order valence-corrected chi connectivity index (χ4v) is 3.52. The van der Waals surface area contributed by atoms with Gasteiger partial charge in [-0.1, -0.05) is 6.07 Å². The summed E-state index contributed by atoms with van der Waals surface area (Å²) in [6.45, 7) is 2.14. The van der Waals surface area contributed by atoms with Crippen LogP contribution in [0.15, 0.2) is 47.3 Å². The lowest BCUT2D eigenvalue weighted by Crippen LogP contribution is -2.33. The molecule has 6 nitrogen and oxygen atoms in total. The van der Waals surface area contributed by atoms with Crippen molar-refractivity contribution in [1.82, 2.24) is 4.98 Å². The molecule has 7 heteroatoms. The average Bonchev–Trinajstić information content (AvgIpc) is 2.67. The zero-order valence-electron chi connectivity index (χ0n) is 15.2. The first kappa shape index (κ1) is 17.9. The van der Waals surface area contributed by atoms with E-state index in [1.807, 2.05) is 6.07 Å². The van der Waals surface area contributed by atoms with Gasteiger partial charge in [0, 0.05) is 35.7 Å². The first-order chi connectivity index (χ1) is 13.4. The number of halogens is 1. The molecule has 0 fully saturated rings. The minimum Gasteiger partial charge on any atom is -0.322 e. The molecule has 142 valence electrons. The van der Waals surface area contributed by atoms with Gasteiger partial charge in [0.2, 0.25) is 5.91 Å². The van der Waals surface area contributed by atoms with E-state index >= 15 is 0 Å². The molecule has 2 amide bonds. The van der Waals surface area contributed by atoms with Crippen LogP contribution in [0, 0.1) is 5.82 Å². The van der Waals surface area contributed by atoms with Gasteiger partial charge in [-0.3, -0.25) is 14.4 Å². The predicted octanol–water partition coefficient (Wildman–Crippen LogP) is 3.22. The number of rotatable bonds is 2. The molecule has 1 aliphatic heterocycles. The van der Waals surface area contributed by atoms with Gasteiger partial charge in [0.15, 0.2) is 0 Å². The van der Waals surface area contributed by atoms with Crippen LogP contribution in [0.1, 0.15) is 29.3 Å². The lowest BCUT2D eigenvalue weighted by atomic mass is 10.0. The maximum atomic E-state index is 13.5. The van der Waals surface area contributed by atoms with Gasteiger partial charge in [-0.05, 0) is 54.8 Å². The Labute approximate surface area is 160 Å². The minimum atomic E-state index is -0.599. The van der Waals surface area contributed by atoms with Gasteiger partial charge in [0.05, 0.1) is 0 Å². The molecule has 0 saturated heterocycles. The van der Waals surface area contributed by atoms with E-state index in [9.17, 15) is 18.8 Å². The number of fused-ring (bicyclic) bond motifs is 2. The lowest BCUT2D eigenvalue weighted by Gasteiger charge is -2.29. The summed E-state index contributed by atoms with van der Waals surface area (Å²) in [6, 6.07) is 10.7. The average molecular weight is 379 g/mol. The summed E-state index contributed by atoms with van der Waals surface area (Å²) in [4.78, 5) is 41.0. The van der Waals surface area contributed by atoms with Gasteiger partial charge in [0.25, 0.3) is 11.5 Å². The highest BCUT2D eigenvalue weighted by atomic mass is 19.1. The number of hydrogen-bond donors (Lipinski definition) is 2. The second-order valence-electron chi connectivity index (χ2n) is 6.82. The number of H-pyrrole nitrogens is 1.